The number of nitrogens with zero attached hydrogens (tertiary/aromatic N) is 1. The molecule has 1 saturated heterocycles. The smallest absolute Gasteiger partial charge is 0.364 e. The van der Waals surface area contributed by atoms with Crippen LogP contribution in [0.1, 0.15) is 24.0 Å². The van der Waals surface area contributed by atoms with Crippen molar-refractivity contribution in [3.63, 3.8) is 0 Å². The summed E-state index contributed by atoms with van der Waals surface area (Å²) in [5, 5.41) is 0.361. The first-order chi connectivity index (χ1) is 13.9. The lowest BCUT2D eigenvalue weighted by atomic mass is 9.92. The Balaban J connectivity index is 1.80. The van der Waals surface area contributed by atoms with Crippen molar-refractivity contribution >= 4 is 23.8 Å². The molecule has 1 aliphatic heterocycles. The van der Waals surface area contributed by atoms with Gasteiger partial charge in [-0.05, 0) is 11.1 Å². The topological polar surface area (TPSA) is 116 Å². The highest BCUT2D eigenvalue weighted by Gasteiger charge is 2.48. The molecule has 1 atom stereocenters. The van der Waals surface area contributed by atoms with E-state index in [9.17, 15) is 19.2 Å². The summed E-state index contributed by atoms with van der Waals surface area (Å²) < 4.78 is 5.25. The highest BCUT2D eigenvalue weighted by molar-refractivity contribution is 6.07. The van der Waals surface area contributed by atoms with Crippen LogP contribution < -0.4 is 5.73 Å². The number of esters is 1. The first kappa shape index (κ1) is 20.2. The predicted octanol–water partition coefficient (Wildman–Crippen LogP) is 1.28. The molecule has 2 amide bonds. The molecule has 3 rings (SSSR count). The van der Waals surface area contributed by atoms with Crippen LogP contribution in [0.2, 0.25) is 0 Å². The molecule has 2 aromatic rings. The van der Waals surface area contributed by atoms with Gasteiger partial charge in [-0.3, -0.25) is 9.59 Å². The molecule has 0 aromatic heterocycles. The molecule has 1 fully saturated rings. The minimum atomic E-state index is -2.24. The van der Waals surface area contributed by atoms with Crippen molar-refractivity contribution in [2.45, 2.75) is 31.4 Å². The van der Waals surface area contributed by atoms with E-state index in [1.807, 2.05) is 6.07 Å². The van der Waals surface area contributed by atoms with Crippen LogP contribution in [-0.2, 0) is 41.8 Å². The van der Waals surface area contributed by atoms with Gasteiger partial charge in [0.2, 0.25) is 5.54 Å². The molecular formula is C21H20N2O6. The SMILES string of the molecule is NC(Cc1ccccc1)(C(=O)OCc1ccccc1)C(=O)ON1C(=O)CCC1=O. The number of rotatable bonds is 7. The average molecular weight is 396 g/mol. The van der Waals surface area contributed by atoms with Crippen LogP contribution in [0.3, 0.4) is 0 Å². The van der Waals surface area contributed by atoms with E-state index in [2.05, 4.69) is 0 Å². The summed E-state index contributed by atoms with van der Waals surface area (Å²) in [6.07, 6.45) is -0.363. The Hall–Kier alpha value is -3.52. The molecule has 0 spiro atoms. The number of hydrogen-bond donors (Lipinski definition) is 1. The van der Waals surface area contributed by atoms with Crippen molar-refractivity contribution in [3.8, 4) is 0 Å². The molecule has 1 heterocycles. The molecule has 29 heavy (non-hydrogen) atoms. The summed E-state index contributed by atoms with van der Waals surface area (Å²) in [5.41, 5.74) is 5.21. The largest absolute Gasteiger partial charge is 0.459 e. The maximum atomic E-state index is 12.8. The minimum absolute atomic E-state index is 0.0686. The molecule has 8 nitrogen and oxygen atoms in total. The lowest BCUT2D eigenvalue weighted by Crippen LogP contribution is -2.59. The average Bonchev–Trinajstić information content (AvgIpc) is 3.05. The summed E-state index contributed by atoms with van der Waals surface area (Å²) in [6, 6.07) is 17.5. The van der Waals surface area contributed by atoms with Gasteiger partial charge in [-0.2, -0.15) is 0 Å². The third-order valence-corrected chi connectivity index (χ3v) is 4.45. The Kier molecular flexibility index (Phi) is 6.04. The zero-order valence-electron chi connectivity index (χ0n) is 15.6. The van der Waals surface area contributed by atoms with Gasteiger partial charge < -0.3 is 15.3 Å². The number of ether oxygens (including phenoxy) is 1. The number of nitrogens with two attached hydrogens (primary N) is 1. The third kappa shape index (κ3) is 4.67. The first-order valence-corrected chi connectivity index (χ1v) is 9.02. The van der Waals surface area contributed by atoms with E-state index in [0.29, 0.717) is 16.2 Å². The van der Waals surface area contributed by atoms with Gasteiger partial charge in [-0.25, -0.2) is 9.59 Å². The Bertz CT molecular complexity index is 899. The molecule has 1 unspecified atom stereocenters. The Labute approximate surface area is 167 Å². The number of imide groups is 1. The predicted molar refractivity (Wildman–Crippen MR) is 100 cm³/mol. The van der Waals surface area contributed by atoms with E-state index in [4.69, 9.17) is 15.3 Å². The number of hydroxylamine groups is 2. The van der Waals surface area contributed by atoms with E-state index < -0.39 is 29.3 Å². The highest BCUT2D eigenvalue weighted by Crippen LogP contribution is 2.20. The second-order valence-corrected chi connectivity index (χ2v) is 6.66. The summed E-state index contributed by atoms with van der Waals surface area (Å²) >= 11 is 0. The van der Waals surface area contributed by atoms with Crippen LogP contribution in [0.4, 0.5) is 0 Å². The van der Waals surface area contributed by atoms with Crippen molar-refractivity contribution in [1.29, 1.82) is 0 Å². The summed E-state index contributed by atoms with van der Waals surface area (Å²) in [4.78, 5) is 54.0. The summed E-state index contributed by atoms with van der Waals surface area (Å²) in [6.45, 7) is -0.0950. The molecule has 8 heteroatoms. The fourth-order valence-corrected chi connectivity index (χ4v) is 2.82. The van der Waals surface area contributed by atoms with E-state index in [1.165, 1.54) is 0 Å². The van der Waals surface area contributed by atoms with Gasteiger partial charge in [-0.1, -0.05) is 60.7 Å². The van der Waals surface area contributed by atoms with E-state index in [0.717, 1.165) is 0 Å². The van der Waals surface area contributed by atoms with Crippen LogP contribution in [0, 0.1) is 0 Å². The van der Waals surface area contributed by atoms with Gasteiger partial charge in [-0.15, -0.1) is 5.06 Å². The second kappa shape index (κ2) is 8.66. The zero-order valence-corrected chi connectivity index (χ0v) is 15.6. The lowest BCUT2D eigenvalue weighted by Gasteiger charge is -2.26. The fraction of sp³-hybridized carbons (Fsp3) is 0.238. The number of benzene rings is 2. The van der Waals surface area contributed by atoms with Crippen molar-refractivity contribution in [2.75, 3.05) is 0 Å². The van der Waals surface area contributed by atoms with Crippen molar-refractivity contribution in [1.82, 2.24) is 5.06 Å². The van der Waals surface area contributed by atoms with Crippen LogP contribution in [-0.4, -0.2) is 34.4 Å². The molecule has 1 aliphatic rings. The van der Waals surface area contributed by atoms with Gasteiger partial charge in [0.25, 0.3) is 11.8 Å². The molecule has 2 N–H and O–H groups in total. The molecule has 0 bridgehead atoms. The maximum absolute atomic E-state index is 12.8. The van der Waals surface area contributed by atoms with E-state index >= 15 is 0 Å². The van der Waals surface area contributed by atoms with Gasteiger partial charge in [0.1, 0.15) is 6.61 Å². The molecule has 0 aliphatic carbocycles. The van der Waals surface area contributed by atoms with Crippen LogP contribution in [0.25, 0.3) is 0 Å². The van der Waals surface area contributed by atoms with Crippen molar-refractivity contribution < 1.29 is 28.8 Å². The van der Waals surface area contributed by atoms with Crippen molar-refractivity contribution in [3.05, 3.63) is 71.8 Å². The van der Waals surface area contributed by atoms with Crippen LogP contribution >= 0.6 is 0 Å². The third-order valence-electron chi connectivity index (χ3n) is 4.45. The quantitative estimate of drug-likeness (QED) is 0.426. The standard InChI is InChI=1S/C21H20N2O6/c22-21(13-15-7-3-1-4-8-15,19(26)28-14-16-9-5-2-6-10-16)20(27)29-23-17(24)11-12-18(23)25/h1-10H,11-14,22H2. The van der Waals surface area contributed by atoms with Gasteiger partial charge in [0, 0.05) is 19.3 Å². The number of carbonyl (C=O) groups is 4. The summed E-state index contributed by atoms with van der Waals surface area (Å²) in [5.74, 6) is -3.58. The number of carbonyl (C=O) groups excluding carboxylic acids is 4. The molecular weight excluding hydrogens is 376 g/mol. The van der Waals surface area contributed by atoms with Crippen molar-refractivity contribution in [2.24, 2.45) is 5.73 Å². The normalized spacial score (nSPS) is 15.7. The van der Waals surface area contributed by atoms with E-state index in [1.54, 1.807) is 54.6 Å². The number of hydrogen-bond acceptors (Lipinski definition) is 7. The second-order valence-electron chi connectivity index (χ2n) is 6.66. The molecule has 0 radical (unpaired) electrons. The monoisotopic (exact) mass is 396 g/mol. The van der Waals surface area contributed by atoms with Gasteiger partial charge in [0.05, 0.1) is 0 Å². The molecule has 2 aromatic carbocycles. The summed E-state index contributed by atoms with van der Waals surface area (Å²) in [7, 11) is 0. The minimum Gasteiger partial charge on any atom is -0.459 e. The molecule has 0 saturated carbocycles. The van der Waals surface area contributed by atoms with Crippen LogP contribution in [0.5, 0.6) is 0 Å². The zero-order chi connectivity index (χ0) is 20.9. The Morgan fingerprint density at radius 1 is 0.862 bits per heavy atom. The highest BCUT2D eigenvalue weighted by atomic mass is 16.7. The lowest BCUT2D eigenvalue weighted by molar-refractivity contribution is -0.204. The number of amides is 2. The van der Waals surface area contributed by atoms with Crippen LogP contribution in [0.15, 0.2) is 60.7 Å². The Morgan fingerprint density at radius 3 is 1.93 bits per heavy atom. The fourth-order valence-electron chi connectivity index (χ4n) is 2.82. The van der Waals surface area contributed by atoms with Gasteiger partial charge in [0.15, 0.2) is 0 Å². The van der Waals surface area contributed by atoms with E-state index in [-0.39, 0.29) is 25.9 Å². The maximum Gasteiger partial charge on any atom is 0.364 e. The first-order valence-electron chi connectivity index (χ1n) is 9.02. The van der Waals surface area contributed by atoms with Gasteiger partial charge >= 0.3 is 11.9 Å². The Morgan fingerprint density at radius 2 is 1.38 bits per heavy atom. The molecule has 150 valence electrons.